The highest BCUT2D eigenvalue weighted by Crippen LogP contribution is 2.10. The summed E-state index contributed by atoms with van der Waals surface area (Å²) in [6.45, 7) is 0.338. The first kappa shape index (κ1) is 13.6. The smallest absolute Gasteiger partial charge is 0.222 e. The number of nitrogens with one attached hydrogen (secondary N) is 1. The number of hydrogen-bond acceptors (Lipinski definition) is 3. The molecule has 0 saturated carbocycles. The molecule has 1 amide bonds. The number of aliphatic hydroxyl groups is 1. The van der Waals surface area contributed by atoms with Crippen molar-refractivity contribution in [3.8, 4) is 0 Å². The van der Waals surface area contributed by atoms with Gasteiger partial charge in [-0.05, 0) is 17.7 Å². The van der Waals surface area contributed by atoms with Gasteiger partial charge in [-0.15, -0.1) is 0 Å². The average molecular weight is 241 g/mol. The quantitative estimate of drug-likeness (QED) is 0.780. The molecule has 4 nitrogen and oxygen atoms in total. The molecule has 0 aromatic heterocycles. The number of rotatable bonds is 6. The highest BCUT2D eigenvalue weighted by Gasteiger charge is 2.04. The van der Waals surface area contributed by atoms with Crippen LogP contribution in [-0.4, -0.2) is 24.7 Å². The van der Waals surface area contributed by atoms with Gasteiger partial charge < -0.3 is 15.2 Å². The van der Waals surface area contributed by atoms with E-state index in [0.717, 1.165) is 5.56 Å². The predicted octanol–water partition coefficient (Wildman–Crippen LogP) is 0.971. The Labute approximate surface area is 99.4 Å². The molecule has 94 valence electrons. The van der Waals surface area contributed by atoms with Gasteiger partial charge in [-0.25, -0.2) is 4.39 Å². The number of halogens is 1. The SMILES string of the molecule is COCCC(=O)NCc1ccc(F)c(CO)c1. The molecule has 0 saturated heterocycles. The van der Waals surface area contributed by atoms with Gasteiger partial charge in [-0.2, -0.15) is 0 Å². The first-order valence-corrected chi connectivity index (χ1v) is 5.31. The van der Waals surface area contributed by atoms with Crippen molar-refractivity contribution in [3.05, 3.63) is 35.1 Å². The summed E-state index contributed by atoms with van der Waals surface area (Å²) in [6.07, 6.45) is 0.296. The maximum Gasteiger partial charge on any atom is 0.222 e. The van der Waals surface area contributed by atoms with Crippen molar-refractivity contribution in [3.63, 3.8) is 0 Å². The van der Waals surface area contributed by atoms with Crippen LogP contribution in [0.15, 0.2) is 18.2 Å². The largest absolute Gasteiger partial charge is 0.392 e. The zero-order chi connectivity index (χ0) is 12.7. The van der Waals surface area contributed by atoms with Crippen molar-refractivity contribution < 1.29 is 19.0 Å². The summed E-state index contributed by atoms with van der Waals surface area (Å²) in [5.74, 6) is -0.566. The Bertz CT molecular complexity index is 382. The highest BCUT2D eigenvalue weighted by atomic mass is 19.1. The molecule has 1 aromatic carbocycles. The number of aliphatic hydroxyl groups excluding tert-OH is 1. The van der Waals surface area contributed by atoms with Crippen LogP contribution < -0.4 is 5.32 Å². The van der Waals surface area contributed by atoms with Gasteiger partial charge in [0.05, 0.1) is 13.2 Å². The second-order valence-electron chi connectivity index (χ2n) is 3.60. The fourth-order valence-corrected chi connectivity index (χ4v) is 1.34. The Morgan fingerprint density at radius 2 is 2.29 bits per heavy atom. The molecule has 0 fully saturated rings. The topological polar surface area (TPSA) is 58.6 Å². The molecule has 0 aliphatic rings. The van der Waals surface area contributed by atoms with E-state index in [4.69, 9.17) is 9.84 Å². The molecule has 0 bridgehead atoms. The van der Waals surface area contributed by atoms with Gasteiger partial charge in [0, 0.05) is 25.6 Å². The zero-order valence-corrected chi connectivity index (χ0v) is 9.70. The molecule has 0 aliphatic heterocycles. The summed E-state index contributed by atoms with van der Waals surface area (Å²) < 4.78 is 17.8. The normalized spacial score (nSPS) is 10.3. The molecule has 2 N–H and O–H groups in total. The summed E-state index contributed by atoms with van der Waals surface area (Å²) in [7, 11) is 1.53. The van der Waals surface area contributed by atoms with Crippen molar-refractivity contribution in [2.75, 3.05) is 13.7 Å². The first-order chi connectivity index (χ1) is 8.17. The third-order valence-electron chi connectivity index (χ3n) is 2.30. The Hall–Kier alpha value is -1.46. The third-order valence-corrected chi connectivity index (χ3v) is 2.30. The number of hydrogen-bond donors (Lipinski definition) is 2. The van der Waals surface area contributed by atoms with E-state index in [0.29, 0.717) is 19.6 Å². The molecule has 0 atom stereocenters. The Kier molecular flexibility index (Phi) is 5.59. The van der Waals surface area contributed by atoms with Crippen LogP contribution in [0, 0.1) is 5.82 Å². The number of amides is 1. The van der Waals surface area contributed by atoms with Crippen LogP contribution in [0.2, 0.25) is 0 Å². The van der Waals surface area contributed by atoms with Crippen LogP contribution in [0.3, 0.4) is 0 Å². The lowest BCUT2D eigenvalue weighted by Crippen LogP contribution is -2.23. The third kappa shape index (κ3) is 4.50. The summed E-state index contributed by atoms with van der Waals surface area (Å²) in [4.78, 5) is 11.3. The first-order valence-electron chi connectivity index (χ1n) is 5.31. The average Bonchev–Trinajstić information content (AvgIpc) is 2.35. The van der Waals surface area contributed by atoms with E-state index in [9.17, 15) is 9.18 Å². The van der Waals surface area contributed by atoms with Gasteiger partial charge in [0.2, 0.25) is 5.91 Å². The number of benzene rings is 1. The fraction of sp³-hybridized carbons (Fsp3) is 0.417. The van der Waals surface area contributed by atoms with E-state index in [1.165, 1.54) is 19.2 Å². The summed E-state index contributed by atoms with van der Waals surface area (Å²) in [6, 6.07) is 4.39. The van der Waals surface area contributed by atoms with Crippen molar-refractivity contribution in [1.82, 2.24) is 5.32 Å². The van der Waals surface area contributed by atoms with Crippen molar-refractivity contribution in [2.24, 2.45) is 0 Å². The van der Waals surface area contributed by atoms with Crippen molar-refractivity contribution in [1.29, 1.82) is 0 Å². The summed E-state index contributed by atoms with van der Waals surface area (Å²) in [5, 5.41) is 11.6. The molecular formula is C12H16FNO3. The maximum absolute atomic E-state index is 13.1. The van der Waals surface area contributed by atoms with Gasteiger partial charge in [-0.3, -0.25) is 4.79 Å². The van der Waals surface area contributed by atoms with Gasteiger partial charge in [0.15, 0.2) is 0 Å². The van der Waals surface area contributed by atoms with Crippen LogP contribution >= 0.6 is 0 Å². The van der Waals surface area contributed by atoms with Crippen molar-refractivity contribution >= 4 is 5.91 Å². The van der Waals surface area contributed by atoms with E-state index >= 15 is 0 Å². The molecule has 5 heteroatoms. The lowest BCUT2D eigenvalue weighted by Gasteiger charge is -2.07. The Morgan fingerprint density at radius 1 is 1.53 bits per heavy atom. The maximum atomic E-state index is 13.1. The lowest BCUT2D eigenvalue weighted by molar-refractivity contribution is -0.122. The van der Waals surface area contributed by atoms with Crippen molar-refractivity contribution in [2.45, 2.75) is 19.6 Å². The van der Waals surface area contributed by atoms with Crippen LogP contribution in [0.1, 0.15) is 17.5 Å². The lowest BCUT2D eigenvalue weighted by atomic mass is 10.1. The second kappa shape index (κ2) is 6.98. The molecule has 0 spiro atoms. The van der Waals surface area contributed by atoms with E-state index in [1.807, 2.05) is 0 Å². The molecule has 0 heterocycles. The van der Waals surface area contributed by atoms with Crippen LogP contribution in [0.5, 0.6) is 0 Å². The minimum atomic E-state index is -0.443. The molecule has 0 aliphatic carbocycles. The molecule has 1 aromatic rings. The number of ether oxygens (including phenoxy) is 1. The second-order valence-corrected chi connectivity index (χ2v) is 3.60. The number of methoxy groups -OCH3 is 1. The van der Waals surface area contributed by atoms with Crippen LogP contribution in [0.25, 0.3) is 0 Å². The van der Waals surface area contributed by atoms with Gasteiger partial charge >= 0.3 is 0 Å². The van der Waals surface area contributed by atoms with E-state index in [1.54, 1.807) is 6.07 Å². The predicted molar refractivity (Wildman–Crippen MR) is 60.7 cm³/mol. The summed E-state index contributed by atoms with van der Waals surface area (Å²) >= 11 is 0. The van der Waals surface area contributed by atoms with E-state index in [-0.39, 0.29) is 18.1 Å². The highest BCUT2D eigenvalue weighted by molar-refractivity contribution is 5.75. The van der Waals surface area contributed by atoms with Crippen LogP contribution in [-0.2, 0) is 22.7 Å². The van der Waals surface area contributed by atoms with E-state index < -0.39 is 5.82 Å². The number of carbonyl (C=O) groups excluding carboxylic acids is 1. The molecule has 0 radical (unpaired) electrons. The fourth-order valence-electron chi connectivity index (χ4n) is 1.34. The molecule has 0 unspecified atom stereocenters. The molecule has 1 rings (SSSR count). The zero-order valence-electron chi connectivity index (χ0n) is 9.70. The van der Waals surface area contributed by atoms with Gasteiger partial charge in [-0.1, -0.05) is 6.07 Å². The van der Waals surface area contributed by atoms with Gasteiger partial charge in [0.25, 0.3) is 0 Å². The van der Waals surface area contributed by atoms with E-state index in [2.05, 4.69) is 5.32 Å². The minimum Gasteiger partial charge on any atom is -0.392 e. The monoisotopic (exact) mass is 241 g/mol. The standard InChI is InChI=1S/C12H16FNO3/c1-17-5-4-12(16)14-7-9-2-3-11(13)10(6-9)8-15/h2-3,6,15H,4-5,7-8H2,1H3,(H,14,16). The number of carbonyl (C=O) groups is 1. The molecule has 17 heavy (non-hydrogen) atoms. The minimum absolute atomic E-state index is 0.123. The summed E-state index contributed by atoms with van der Waals surface area (Å²) in [5.41, 5.74) is 0.981. The molecular weight excluding hydrogens is 225 g/mol. The Morgan fingerprint density at radius 3 is 2.94 bits per heavy atom. The Balaban J connectivity index is 2.49. The van der Waals surface area contributed by atoms with Crippen LogP contribution in [0.4, 0.5) is 4.39 Å². The van der Waals surface area contributed by atoms with Gasteiger partial charge in [0.1, 0.15) is 5.82 Å².